The van der Waals surface area contributed by atoms with Crippen molar-refractivity contribution in [2.24, 2.45) is 0 Å². The van der Waals surface area contributed by atoms with Crippen LogP contribution in [0.3, 0.4) is 0 Å². The van der Waals surface area contributed by atoms with Crippen molar-refractivity contribution >= 4 is 19.7 Å². The van der Waals surface area contributed by atoms with Crippen LogP contribution in [-0.2, 0) is 27.9 Å². The summed E-state index contributed by atoms with van der Waals surface area (Å²) in [7, 11) is 1.16. The average molecular weight is 1130 g/mol. The molecule has 3 unspecified atom stereocenters. The Kier molecular flexibility index (Phi) is 56.3. The summed E-state index contributed by atoms with van der Waals surface area (Å²) in [5.41, 5.74) is 0. The number of phosphoric acid groups is 1. The van der Waals surface area contributed by atoms with E-state index in [1.54, 1.807) is 0 Å². The summed E-state index contributed by atoms with van der Waals surface area (Å²) in [6.45, 7) is 6.78. The van der Waals surface area contributed by atoms with Crippen molar-refractivity contribution in [3.05, 3.63) is 85.1 Å². The second-order valence-corrected chi connectivity index (χ2v) is 24.7. The fourth-order valence-electron chi connectivity index (χ4n) is 9.18. The molecule has 0 aliphatic heterocycles. The molecule has 0 spiro atoms. The Balaban J connectivity index is 5.28. The molecule has 1 amide bonds. The van der Waals surface area contributed by atoms with Gasteiger partial charge in [0, 0.05) is 12.8 Å². The average Bonchev–Trinajstić information content (AvgIpc) is 3.41. The van der Waals surface area contributed by atoms with Crippen molar-refractivity contribution < 1.29 is 37.3 Å². The lowest BCUT2D eigenvalue weighted by Gasteiger charge is -2.30. The van der Waals surface area contributed by atoms with Crippen LogP contribution < -0.4 is 10.2 Å². The molecule has 0 saturated heterocycles. The van der Waals surface area contributed by atoms with Crippen LogP contribution in [0.2, 0.25) is 0 Å². The lowest BCUT2D eigenvalue weighted by molar-refractivity contribution is -0.870. The summed E-state index contributed by atoms with van der Waals surface area (Å²) in [5.74, 6) is -0.576. The normalized spacial score (nSPS) is 14.2. The third-order valence-electron chi connectivity index (χ3n) is 14.3. The zero-order chi connectivity index (χ0) is 57.9. The number of ether oxygens (including phenoxy) is 1. The number of unbranched alkanes of at least 4 members (excludes halogenated alkanes) is 31. The number of hydrogen-bond donors (Lipinski definition) is 1. The molecule has 10 heteroatoms. The molecule has 0 aromatic heterocycles. The van der Waals surface area contributed by atoms with E-state index in [0.29, 0.717) is 23.9 Å². The molecule has 0 radical (unpaired) electrons. The molecule has 3 atom stereocenters. The van der Waals surface area contributed by atoms with Crippen LogP contribution in [0.15, 0.2) is 85.1 Å². The molecule has 0 aliphatic carbocycles. The molecular formula is C69H125N2O7P. The van der Waals surface area contributed by atoms with Crippen molar-refractivity contribution in [2.75, 3.05) is 40.9 Å². The van der Waals surface area contributed by atoms with Crippen LogP contribution in [-0.4, -0.2) is 69.4 Å². The van der Waals surface area contributed by atoms with E-state index < -0.39 is 26.6 Å². The largest absolute Gasteiger partial charge is 0.756 e. The smallest absolute Gasteiger partial charge is 0.306 e. The van der Waals surface area contributed by atoms with Crippen LogP contribution in [0, 0.1) is 0 Å². The van der Waals surface area contributed by atoms with Gasteiger partial charge in [0.1, 0.15) is 19.3 Å². The number of nitrogens with zero attached hydrogens (tertiary/aromatic N) is 1. The van der Waals surface area contributed by atoms with Crippen molar-refractivity contribution in [2.45, 2.75) is 303 Å². The Morgan fingerprint density at radius 2 is 0.772 bits per heavy atom. The summed E-state index contributed by atoms with van der Waals surface area (Å²) in [5, 5.41) is 3.03. The summed E-state index contributed by atoms with van der Waals surface area (Å²) in [6.07, 6.45) is 76.9. The number of carbonyl (C=O) groups is 2. The van der Waals surface area contributed by atoms with Crippen molar-refractivity contribution in [3.63, 3.8) is 0 Å². The summed E-state index contributed by atoms with van der Waals surface area (Å²) in [6, 6.07) is -0.907. The van der Waals surface area contributed by atoms with Gasteiger partial charge in [-0.3, -0.25) is 14.2 Å². The van der Waals surface area contributed by atoms with E-state index in [9.17, 15) is 19.0 Å². The predicted octanol–water partition coefficient (Wildman–Crippen LogP) is 19.9. The number of nitrogens with one attached hydrogen (secondary N) is 1. The minimum Gasteiger partial charge on any atom is -0.756 e. The molecule has 0 aromatic carbocycles. The van der Waals surface area contributed by atoms with Gasteiger partial charge in [0.25, 0.3) is 7.82 Å². The van der Waals surface area contributed by atoms with Crippen LogP contribution in [0.4, 0.5) is 0 Å². The molecule has 0 heterocycles. The summed E-state index contributed by atoms with van der Waals surface area (Å²) in [4.78, 5) is 40.1. The van der Waals surface area contributed by atoms with Gasteiger partial charge in [-0.2, -0.15) is 0 Å². The summed E-state index contributed by atoms with van der Waals surface area (Å²) >= 11 is 0. The number of esters is 1. The zero-order valence-electron chi connectivity index (χ0n) is 52.3. The highest BCUT2D eigenvalue weighted by Crippen LogP contribution is 2.38. The third kappa shape index (κ3) is 59.6. The Bertz CT molecular complexity index is 1630. The summed E-state index contributed by atoms with van der Waals surface area (Å²) < 4.78 is 30.4. The van der Waals surface area contributed by atoms with Crippen molar-refractivity contribution in [3.8, 4) is 0 Å². The molecule has 0 saturated carbocycles. The second-order valence-electron chi connectivity index (χ2n) is 23.3. The molecule has 0 fully saturated rings. The Hall–Kier alpha value is -2.81. The lowest BCUT2D eigenvalue weighted by atomic mass is 10.0. The molecule has 0 aliphatic rings. The SMILES string of the molecule is CCCCC/C=C\C/C=C\C/C=C\C/C=C\CCCCCC(=O)OC(/C=C/CCCCCCCCCCCCC)C(COP(=O)([O-])OCC[N+](C)(C)C)NC(=O)CCCCCCCCCCCCC/C=C\C/C=C\CCCCC. The third-order valence-corrected chi connectivity index (χ3v) is 15.3. The van der Waals surface area contributed by atoms with E-state index in [0.717, 1.165) is 89.9 Å². The fourth-order valence-corrected chi connectivity index (χ4v) is 9.91. The lowest BCUT2D eigenvalue weighted by Crippen LogP contribution is -2.47. The number of allylic oxidation sites excluding steroid dienone is 13. The number of amides is 1. The van der Waals surface area contributed by atoms with Crippen molar-refractivity contribution in [1.29, 1.82) is 0 Å². The highest BCUT2D eigenvalue weighted by molar-refractivity contribution is 7.45. The van der Waals surface area contributed by atoms with Gasteiger partial charge in [-0.25, -0.2) is 0 Å². The maximum absolute atomic E-state index is 13.6. The first-order chi connectivity index (χ1) is 38.4. The molecule has 0 aromatic rings. The minimum atomic E-state index is -4.71. The zero-order valence-corrected chi connectivity index (χ0v) is 53.2. The number of phosphoric ester groups is 1. The molecule has 0 bridgehead atoms. The maximum atomic E-state index is 13.6. The number of carbonyl (C=O) groups excluding carboxylic acids is 2. The Labute approximate surface area is 488 Å². The number of hydrogen-bond acceptors (Lipinski definition) is 7. The van der Waals surface area contributed by atoms with Gasteiger partial charge in [-0.1, -0.05) is 254 Å². The Morgan fingerprint density at radius 1 is 0.443 bits per heavy atom. The Morgan fingerprint density at radius 3 is 1.19 bits per heavy atom. The number of quaternary nitrogens is 1. The van der Waals surface area contributed by atoms with Gasteiger partial charge >= 0.3 is 5.97 Å². The van der Waals surface area contributed by atoms with Crippen LogP contribution >= 0.6 is 7.82 Å². The predicted molar refractivity (Wildman–Crippen MR) is 339 cm³/mol. The minimum absolute atomic E-state index is 0.0308. The standard InChI is InChI=1S/C69H125N2O7P/c1-7-10-13-16-19-22-25-28-30-32-34-35-37-38-40-43-46-49-52-55-58-61-68(72)70-66(65-77-79(74,75)76-64-63-71(4,5)6)67(60-57-54-51-48-45-42-27-24-21-18-15-12-9-3)78-69(73)62-59-56-53-50-47-44-41-39-36-33-31-29-26-23-20-17-14-11-8-2/h19-20,22-23,28-31,36,39,44,47,57,60,66-67H,7-18,21,24-27,32-35,37-38,40-43,45-46,48-56,58-59,61-65H2,1-6H3,(H-,70,72,74,75)/b22-19-,23-20-,30-28-,31-29-,39-36-,47-44-,60-57+. The van der Waals surface area contributed by atoms with E-state index in [1.165, 1.54) is 161 Å². The molecule has 458 valence electrons. The second kappa shape index (κ2) is 58.4. The van der Waals surface area contributed by atoms with E-state index >= 15 is 0 Å². The number of rotatable bonds is 59. The highest BCUT2D eigenvalue weighted by Gasteiger charge is 2.27. The van der Waals surface area contributed by atoms with E-state index in [4.69, 9.17) is 13.8 Å². The van der Waals surface area contributed by atoms with Gasteiger partial charge in [0.15, 0.2) is 0 Å². The van der Waals surface area contributed by atoms with Gasteiger partial charge in [0.2, 0.25) is 5.91 Å². The van der Waals surface area contributed by atoms with E-state index in [1.807, 2.05) is 33.3 Å². The first-order valence-corrected chi connectivity index (χ1v) is 34.4. The molecule has 1 N–H and O–H groups in total. The molecule has 0 rings (SSSR count). The molecule has 9 nitrogen and oxygen atoms in total. The maximum Gasteiger partial charge on any atom is 0.306 e. The van der Waals surface area contributed by atoms with Gasteiger partial charge < -0.3 is 28.5 Å². The first kappa shape index (κ1) is 76.2. The quantitative estimate of drug-likeness (QED) is 0.0212. The first-order valence-electron chi connectivity index (χ1n) is 32.9. The fraction of sp³-hybridized carbons (Fsp3) is 0.768. The highest BCUT2D eigenvalue weighted by atomic mass is 31.2. The van der Waals surface area contributed by atoms with Crippen LogP contribution in [0.5, 0.6) is 0 Å². The van der Waals surface area contributed by atoms with Gasteiger partial charge in [-0.15, -0.1) is 0 Å². The number of likely N-dealkylation sites (N-methyl/N-ethyl adjacent to an activating group) is 1. The topological polar surface area (TPSA) is 114 Å². The van der Waals surface area contributed by atoms with E-state index in [2.05, 4.69) is 99.0 Å². The van der Waals surface area contributed by atoms with Gasteiger partial charge in [0.05, 0.1) is 33.8 Å². The van der Waals surface area contributed by atoms with Gasteiger partial charge in [-0.05, 0) is 109 Å². The van der Waals surface area contributed by atoms with E-state index in [-0.39, 0.29) is 24.9 Å². The van der Waals surface area contributed by atoms with Crippen molar-refractivity contribution in [1.82, 2.24) is 5.32 Å². The molecule has 79 heavy (non-hydrogen) atoms. The monoisotopic (exact) mass is 1120 g/mol. The molecular weight excluding hydrogens is 1000 g/mol. The van der Waals surface area contributed by atoms with Crippen LogP contribution in [0.25, 0.3) is 0 Å². The van der Waals surface area contributed by atoms with Crippen LogP contribution in [0.1, 0.15) is 290 Å².